The summed E-state index contributed by atoms with van der Waals surface area (Å²) in [6.07, 6.45) is 0. The Morgan fingerprint density at radius 1 is 0.739 bits per heavy atom. The maximum absolute atomic E-state index is 12.5. The number of fused-ring (bicyclic) bond motifs is 2. The van der Waals surface area contributed by atoms with Gasteiger partial charge in [-0.1, -0.05) is 24.3 Å². The Labute approximate surface area is 141 Å². The minimum Gasteiger partial charge on any atom is -0.240 e. The number of thiazole rings is 2. The predicted molar refractivity (Wildman–Crippen MR) is 95.6 cm³/mol. The average molecular weight is 360 g/mol. The molecule has 4 nitrogen and oxygen atoms in total. The van der Waals surface area contributed by atoms with Crippen molar-refractivity contribution in [3.05, 3.63) is 58.5 Å². The quantitative estimate of drug-likeness (QED) is 0.551. The number of hydrogen-bond acceptors (Lipinski definition) is 6. The fourth-order valence-corrected chi connectivity index (χ4v) is 6.45. The highest BCUT2D eigenvalue weighted by Gasteiger charge is 2.18. The minimum atomic E-state index is -3.29. The average Bonchev–Trinajstić information content (AvgIpc) is 3.07. The normalized spacial score (nSPS) is 12.2. The van der Waals surface area contributed by atoms with Gasteiger partial charge in [0, 0.05) is 0 Å². The minimum absolute atomic E-state index is 0.0394. The van der Waals surface area contributed by atoms with E-state index in [1.54, 1.807) is 0 Å². The monoisotopic (exact) mass is 360 g/mol. The van der Waals surface area contributed by atoms with Crippen LogP contribution < -0.4 is 0 Å². The van der Waals surface area contributed by atoms with Crippen molar-refractivity contribution in [2.45, 2.75) is 11.5 Å². The molecule has 0 aliphatic rings. The van der Waals surface area contributed by atoms with Crippen molar-refractivity contribution in [3.63, 3.8) is 0 Å². The maximum atomic E-state index is 12.5. The molecule has 0 unspecified atom stereocenters. The number of aromatic nitrogens is 2. The molecular weight excluding hydrogens is 348 g/mol. The van der Waals surface area contributed by atoms with E-state index in [1.807, 2.05) is 48.5 Å². The largest absolute Gasteiger partial charge is 0.240 e. The third-order valence-electron chi connectivity index (χ3n) is 3.36. The first kappa shape index (κ1) is 14.7. The van der Waals surface area contributed by atoms with Crippen molar-refractivity contribution >= 4 is 52.9 Å². The Bertz CT molecular complexity index is 949. The summed E-state index contributed by atoms with van der Waals surface area (Å²) in [5.74, 6) is -0.0788. The SMILES string of the molecule is O=S(=O)(Cc1nc2ccccc2s1)Cc1nc2ccccc2s1. The molecule has 0 spiro atoms. The number of benzene rings is 2. The molecule has 0 amide bonds. The van der Waals surface area contributed by atoms with Crippen LogP contribution in [0.25, 0.3) is 20.4 Å². The van der Waals surface area contributed by atoms with Gasteiger partial charge in [0.2, 0.25) is 0 Å². The van der Waals surface area contributed by atoms with Crippen LogP contribution in [0, 0.1) is 0 Å². The standard InChI is InChI=1S/C16H12N2O2S3/c19-23(20,9-15-17-11-5-1-3-7-13(11)21-15)10-16-18-12-6-2-4-8-14(12)22-16/h1-8H,9-10H2. The zero-order valence-electron chi connectivity index (χ0n) is 12.0. The van der Waals surface area contributed by atoms with Crippen LogP contribution in [0.5, 0.6) is 0 Å². The van der Waals surface area contributed by atoms with Crippen LogP contribution >= 0.6 is 22.7 Å². The number of sulfone groups is 1. The van der Waals surface area contributed by atoms with E-state index in [0.29, 0.717) is 10.0 Å². The summed E-state index contributed by atoms with van der Waals surface area (Å²) in [6, 6.07) is 15.4. The van der Waals surface area contributed by atoms with Gasteiger partial charge in [-0.15, -0.1) is 22.7 Å². The fourth-order valence-electron chi connectivity index (χ4n) is 2.39. The number of rotatable bonds is 4. The summed E-state index contributed by atoms with van der Waals surface area (Å²) < 4.78 is 26.9. The second-order valence-electron chi connectivity index (χ2n) is 5.18. The van der Waals surface area contributed by atoms with Gasteiger partial charge in [-0.05, 0) is 24.3 Å². The van der Waals surface area contributed by atoms with Crippen LogP contribution in [-0.4, -0.2) is 18.4 Å². The van der Waals surface area contributed by atoms with Crippen LogP contribution in [0.4, 0.5) is 0 Å². The molecule has 0 bridgehead atoms. The number of hydrogen-bond donors (Lipinski definition) is 0. The Hall–Kier alpha value is -1.83. The zero-order chi connectivity index (χ0) is 15.9. The first-order valence-corrected chi connectivity index (χ1v) is 10.4. The fraction of sp³-hybridized carbons (Fsp3) is 0.125. The van der Waals surface area contributed by atoms with Gasteiger partial charge in [0.25, 0.3) is 0 Å². The summed E-state index contributed by atoms with van der Waals surface area (Å²) in [5.41, 5.74) is 1.70. The number of para-hydroxylation sites is 2. The number of nitrogens with zero attached hydrogens (tertiary/aromatic N) is 2. The summed E-state index contributed by atoms with van der Waals surface area (Å²) in [5, 5.41) is 1.26. The highest BCUT2D eigenvalue weighted by molar-refractivity contribution is 7.90. The van der Waals surface area contributed by atoms with Crippen LogP contribution in [0.2, 0.25) is 0 Å². The lowest BCUT2D eigenvalue weighted by atomic mass is 10.3. The van der Waals surface area contributed by atoms with E-state index in [9.17, 15) is 8.42 Å². The van der Waals surface area contributed by atoms with Gasteiger partial charge in [-0.25, -0.2) is 18.4 Å². The van der Waals surface area contributed by atoms with Gasteiger partial charge in [0.05, 0.1) is 20.4 Å². The van der Waals surface area contributed by atoms with Crippen LogP contribution in [0.15, 0.2) is 48.5 Å². The molecule has 0 N–H and O–H groups in total. The first-order valence-electron chi connectivity index (χ1n) is 6.98. The highest BCUT2D eigenvalue weighted by atomic mass is 32.2. The highest BCUT2D eigenvalue weighted by Crippen LogP contribution is 2.26. The molecule has 0 radical (unpaired) electrons. The van der Waals surface area contributed by atoms with Gasteiger partial charge in [0.1, 0.15) is 21.5 Å². The Kier molecular flexibility index (Phi) is 3.63. The van der Waals surface area contributed by atoms with Crippen LogP contribution in [0.1, 0.15) is 10.0 Å². The summed E-state index contributed by atoms with van der Waals surface area (Å²) in [7, 11) is -3.29. The van der Waals surface area contributed by atoms with Gasteiger partial charge in [0.15, 0.2) is 9.84 Å². The van der Waals surface area contributed by atoms with Gasteiger partial charge in [-0.3, -0.25) is 0 Å². The molecule has 0 atom stereocenters. The van der Waals surface area contributed by atoms with Crippen molar-refractivity contribution in [2.75, 3.05) is 0 Å². The van der Waals surface area contributed by atoms with Crippen molar-refractivity contribution in [1.82, 2.24) is 9.97 Å². The lowest BCUT2D eigenvalue weighted by Gasteiger charge is -1.98. The van der Waals surface area contributed by atoms with E-state index in [0.717, 1.165) is 20.4 Å². The second-order valence-corrected chi connectivity index (χ2v) is 9.48. The molecule has 7 heteroatoms. The molecule has 0 aliphatic carbocycles. The first-order chi connectivity index (χ1) is 11.1. The zero-order valence-corrected chi connectivity index (χ0v) is 14.4. The Morgan fingerprint density at radius 2 is 1.17 bits per heavy atom. The molecule has 2 aromatic carbocycles. The van der Waals surface area contributed by atoms with Gasteiger partial charge < -0.3 is 0 Å². The molecular formula is C16H12N2O2S3. The van der Waals surface area contributed by atoms with E-state index in [-0.39, 0.29) is 11.5 Å². The Balaban J connectivity index is 1.59. The maximum Gasteiger partial charge on any atom is 0.163 e. The van der Waals surface area contributed by atoms with E-state index in [1.165, 1.54) is 22.7 Å². The molecule has 2 heterocycles. The third-order valence-corrected chi connectivity index (χ3v) is 7.23. The molecule has 4 rings (SSSR count). The predicted octanol–water partition coefficient (Wildman–Crippen LogP) is 4.02. The van der Waals surface area contributed by atoms with Crippen LogP contribution in [0.3, 0.4) is 0 Å². The van der Waals surface area contributed by atoms with Crippen LogP contribution in [-0.2, 0) is 21.3 Å². The molecule has 0 aliphatic heterocycles. The van der Waals surface area contributed by atoms with E-state index >= 15 is 0 Å². The van der Waals surface area contributed by atoms with Crippen molar-refractivity contribution < 1.29 is 8.42 Å². The van der Waals surface area contributed by atoms with E-state index in [4.69, 9.17) is 0 Å². The molecule has 116 valence electrons. The third kappa shape index (κ3) is 3.12. The van der Waals surface area contributed by atoms with Crippen molar-refractivity contribution in [3.8, 4) is 0 Å². The van der Waals surface area contributed by atoms with Crippen molar-refractivity contribution in [2.24, 2.45) is 0 Å². The topological polar surface area (TPSA) is 59.9 Å². The lowest BCUT2D eigenvalue weighted by molar-refractivity contribution is 0.594. The molecule has 0 saturated heterocycles. The van der Waals surface area contributed by atoms with Crippen molar-refractivity contribution in [1.29, 1.82) is 0 Å². The molecule has 4 aromatic rings. The molecule has 2 aromatic heterocycles. The summed E-state index contributed by atoms with van der Waals surface area (Å²) >= 11 is 2.86. The van der Waals surface area contributed by atoms with Gasteiger partial charge >= 0.3 is 0 Å². The molecule has 0 saturated carbocycles. The van der Waals surface area contributed by atoms with E-state index in [2.05, 4.69) is 9.97 Å². The van der Waals surface area contributed by atoms with Gasteiger partial charge in [-0.2, -0.15) is 0 Å². The smallest absolute Gasteiger partial charge is 0.163 e. The second kappa shape index (κ2) is 5.67. The van der Waals surface area contributed by atoms with E-state index < -0.39 is 9.84 Å². The Morgan fingerprint density at radius 3 is 1.61 bits per heavy atom. The lowest BCUT2D eigenvalue weighted by Crippen LogP contribution is -2.07. The molecule has 0 fully saturated rings. The summed E-state index contributed by atoms with van der Waals surface area (Å²) in [6.45, 7) is 0. The summed E-state index contributed by atoms with van der Waals surface area (Å²) in [4.78, 5) is 8.81. The molecule has 23 heavy (non-hydrogen) atoms.